The first-order valence-corrected chi connectivity index (χ1v) is 10.7. The summed E-state index contributed by atoms with van der Waals surface area (Å²) in [6, 6.07) is 9.23. The second-order valence-corrected chi connectivity index (χ2v) is 8.51. The molecular formula is C23H32N4O. The Morgan fingerprint density at radius 3 is 2.54 bits per heavy atom. The molecule has 1 aromatic heterocycles. The van der Waals surface area contributed by atoms with Gasteiger partial charge < -0.3 is 10.4 Å². The summed E-state index contributed by atoms with van der Waals surface area (Å²) < 4.78 is 0. The molecule has 150 valence electrons. The van der Waals surface area contributed by atoms with Crippen LogP contribution in [0.1, 0.15) is 43.7 Å². The van der Waals surface area contributed by atoms with Gasteiger partial charge in [0.05, 0.1) is 18.3 Å². The number of likely N-dealkylation sites (tertiary alicyclic amines) is 1. The van der Waals surface area contributed by atoms with Crippen molar-refractivity contribution in [3.05, 3.63) is 54.0 Å². The van der Waals surface area contributed by atoms with Crippen molar-refractivity contribution in [3.8, 4) is 0 Å². The Hall–Kier alpha value is -1.98. The van der Waals surface area contributed by atoms with E-state index in [1.165, 1.54) is 30.4 Å². The third kappa shape index (κ3) is 4.70. The van der Waals surface area contributed by atoms with Crippen LogP contribution in [0.15, 0.2) is 42.9 Å². The molecule has 0 radical (unpaired) electrons. The van der Waals surface area contributed by atoms with Crippen molar-refractivity contribution in [3.63, 3.8) is 0 Å². The number of nitrogens with one attached hydrogen (secondary N) is 1. The van der Waals surface area contributed by atoms with E-state index in [1.807, 2.05) is 0 Å². The molecular weight excluding hydrogens is 348 g/mol. The molecule has 1 saturated heterocycles. The zero-order valence-corrected chi connectivity index (χ0v) is 16.8. The van der Waals surface area contributed by atoms with Crippen molar-refractivity contribution in [1.82, 2.24) is 14.9 Å². The fourth-order valence-corrected chi connectivity index (χ4v) is 4.83. The minimum Gasteiger partial charge on any atom is -0.391 e. The molecule has 0 amide bonds. The van der Waals surface area contributed by atoms with E-state index < -0.39 is 0 Å². The molecule has 4 rings (SSSR count). The molecule has 2 fully saturated rings. The zero-order valence-electron chi connectivity index (χ0n) is 16.8. The lowest BCUT2D eigenvalue weighted by molar-refractivity contribution is 0.0735. The van der Waals surface area contributed by atoms with Crippen LogP contribution in [0, 0.1) is 11.8 Å². The summed E-state index contributed by atoms with van der Waals surface area (Å²) in [7, 11) is 0. The molecule has 1 aliphatic carbocycles. The SMILES string of the molecule is CCCCc1ccc(CN2C[C@H]3C[C@@H](Nc4cnccn4)[C@H](O)C[C@H]3C2)cc1. The Morgan fingerprint density at radius 2 is 1.82 bits per heavy atom. The second-order valence-electron chi connectivity index (χ2n) is 8.51. The fourth-order valence-electron chi connectivity index (χ4n) is 4.83. The monoisotopic (exact) mass is 380 g/mol. The number of benzene rings is 1. The van der Waals surface area contributed by atoms with Crippen LogP contribution in [0.25, 0.3) is 0 Å². The van der Waals surface area contributed by atoms with Crippen molar-refractivity contribution in [2.75, 3.05) is 18.4 Å². The molecule has 0 spiro atoms. The number of nitrogens with zero attached hydrogens (tertiary/aromatic N) is 3. The Labute approximate surface area is 168 Å². The molecule has 5 heteroatoms. The van der Waals surface area contributed by atoms with Crippen molar-refractivity contribution in [2.45, 2.75) is 57.7 Å². The van der Waals surface area contributed by atoms with Gasteiger partial charge in [0.2, 0.25) is 0 Å². The molecule has 1 aliphatic heterocycles. The van der Waals surface area contributed by atoms with E-state index in [0.717, 1.165) is 38.3 Å². The van der Waals surface area contributed by atoms with Crippen LogP contribution in [-0.2, 0) is 13.0 Å². The molecule has 5 nitrogen and oxygen atoms in total. The first-order chi connectivity index (χ1) is 13.7. The summed E-state index contributed by atoms with van der Waals surface area (Å²) in [6.07, 6.45) is 10.3. The first kappa shape index (κ1) is 19.3. The number of rotatable bonds is 7. The Morgan fingerprint density at radius 1 is 1.07 bits per heavy atom. The average molecular weight is 381 g/mol. The summed E-state index contributed by atoms with van der Waals surface area (Å²) in [6.45, 7) is 5.47. The average Bonchev–Trinajstić information content (AvgIpc) is 3.09. The van der Waals surface area contributed by atoms with Crippen LogP contribution in [0.4, 0.5) is 5.82 Å². The van der Waals surface area contributed by atoms with E-state index in [4.69, 9.17) is 0 Å². The van der Waals surface area contributed by atoms with E-state index >= 15 is 0 Å². The Kier molecular flexibility index (Phi) is 6.23. The number of hydrogen-bond donors (Lipinski definition) is 2. The number of hydrogen-bond acceptors (Lipinski definition) is 5. The number of fused-ring (bicyclic) bond motifs is 1. The summed E-state index contributed by atoms with van der Waals surface area (Å²) >= 11 is 0. The highest BCUT2D eigenvalue weighted by Crippen LogP contribution is 2.37. The van der Waals surface area contributed by atoms with Crippen molar-refractivity contribution < 1.29 is 5.11 Å². The van der Waals surface area contributed by atoms with Gasteiger partial charge in [-0.1, -0.05) is 37.6 Å². The van der Waals surface area contributed by atoms with E-state index in [-0.39, 0.29) is 12.1 Å². The highest BCUT2D eigenvalue weighted by atomic mass is 16.3. The number of anilines is 1. The number of aromatic nitrogens is 2. The van der Waals surface area contributed by atoms with E-state index in [9.17, 15) is 5.11 Å². The predicted molar refractivity (Wildman–Crippen MR) is 112 cm³/mol. The van der Waals surface area contributed by atoms with Crippen LogP contribution < -0.4 is 5.32 Å². The van der Waals surface area contributed by atoms with Crippen LogP contribution in [0.3, 0.4) is 0 Å². The lowest BCUT2D eigenvalue weighted by Gasteiger charge is -2.35. The maximum absolute atomic E-state index is 10.6. The van der Waals surface area contributed by atoms with Crippen LogP contribution in [-0.4, -0.2) is 45.2 Å². The van der Waals surface area contributed by atoms with Gasteiger partial charge in [0.15, 0.2) is 0 Å². The second kappa shape index (κ2) is 9.01. The summed E-state index contributed by atoms with van der Waals surface area (Å²) in [4.78, 5) is 11.0. The quantitative estimate of drug-likeness (QED) is 0.770. The number of aliphatic hydroxyl groups excluding tert-OH is 1. The molecule has 2 aromatic rings. The highest BCUT2D eigenvalue weighted by Gasteiger charge is 2.41. The molecule has 1 aromatic carbocycles. The summed E-state index contributed by atoms with van der Waals surface area (Å²) in [5.41, 5.74) is 2.84. The van der Waals surface area contributed by atoms with Gasteiger partial charge in [0.25, 0.3) is 0 Å². The minimum absolute atomic E-state index is 0.0655. The topological polar surface area (TPSA) is 61.3 Å². The van der Waals surface area contributed by atoms with Gasteiger partial charge in [-0.25, -0.2) is 4.98 Å². The fraction of sp³-hybridized carbons (Fsp3) is 0.565. The van der Waals surface area contributed by atoms with Crippen LogP contribution >= 0.6 is 0 Å². The maximum atomic E-state index is 10.6. The van der Waals surface area contributed by atoms with Crippen molar-refractivity contribution >= 4 is 5.82 Å². The largest absolute Gasteiger partial charge is 0.391 e. The van der Waals surface area contributed by atoms with Gasteiger partial charge in [-0.3, -0.25) is 9.88 Å². The minimum atomic E-state index is -0.318. The van der Waals surface area contributed by atoms with Gasteiger partial charge in [0.1, 0.15) is 5.82 Å². The standard InChI is InChI=1S/C23H32N4O/c1-2-3-4-17-5-7-18(8-6-17)14-27-15-19-11-21(22(28)12-20(19)16-27)26-23-13-24-9-10-25-23/h5-10,13,19-22,28H,2-4,11-12,14-16H2,1H3,(H,25,26)/t19-,20+,21-,22-/m1/s1. The maximum Gasteiger partial charge on any atom is 0.144 e. The highest BCUT2D eigenvalue weighted by molar-refractivity contribution is 5.32. The predicted octanol–water partition coefficient (Wildman–Crippen LogP) is 3.50. The Balaban J connectivity index is 1.32. The van der Waals surface area contributed by atoms with Gasteiger partial charge >= 0.3 is 0 Å². The van der Waals surface area contributed by atoms with Gasteiger partial charge in [0, 0.05) is 32.0 Å². The van der Waals surface area contributed by atoms with E-state index in [1.54, 1.807) is 18.6 Å². The third-order valence-electron chi connectivity index (χ3n) is 6.36. The van der Waals surface area contributed by atoms with Crippen LogP contribution in [0.5, 0.6) is 0 Å². The van der Waals surface area contributed by atoms with Crippen molar-refractivity contribution in [2.24, 2.45) is 11.8 Å². The first-order valence-electron chi connectivity index (χ1n) is 10.7. The molecule has 4 atom stereocenters. The molecule has 2 heterocycles. The molecule has 1 saturated carbocycles. The van der Waals surface area contributed by atoms with Crippen LogP contribution in [0.2, 0.25) is 0 Å². The smallest absolute Gasteiger partial charge is 0.144 e. The summed E-state index contributed by atoms with van der Waals surface area (Å²) in [5, 5.41) is 14.0. The zero-order chi connectivity index (χ0) is 19.3. The molecule has 28 heavy (non-hydrogen) atoms. The third-order valence-corrected chi connectivity index (χ3v) is 6.36. The molecule has 2 N–H and O–H groups in total. The normalized spacial score (nSPS) is 27.5. The van der Waals surface area contributed by atoms with E-state index in [0.29, 0.717) is 11.8 Å². The number of aliphatic hydroxyl groups is 1. The molecule has 0 unspecified atom stereocenters. The van der Waals surface area contributed by atoms with Gasteiger partial charge in [-0.15, -0.1) is 0 Å². The number of aryl methyl sites for hydroxylation is 1. The lowest BCUT2D eigenvalue weighted by Crippen LogP contribution is -2.43. The van der Waals surface area contributed by atoms with Gasteiger partial charge in [-0.2, -0.15) is 0 Å². The lowest BCUT2D eigenvalue weighted by atomic mass is 9.77. The molecule has 0 bridgehead atoms. The molecule has 2 aliphatic rings. The number of unbranched alkanes of at least 4 members (excludes halogenated alkanes) is 1. The van der Waals surface area contributed by atoms with E-state index in [2.05, 4.69) is 51.4 Å². The summed E-state index contributed by atoms with van der Waals surface area (Å²) in [5.74, 6) is 1.99. The Bertz CT molecular complexity index is 736. The van der Waals surface area contributed by atoms with Crippen molar-refractivity contribution in [1.29, 1.82) is 0 Å². The van der Waals surface area contributed by atoms with Gasteiger partial charge in [-0.05, 0) is 48.6 Å².